The molecule has 0 amide bonds. The van der Waals surface area contributed by atoms with Crippen LogP contribution < -0.4 is 16.0 Å². The SMILES string of the molecule is CCOCCOc1c(Cc2ccccc2)c(=O)n(CS(=O)[O-])c(=O)n1-c1ccccc1. The number of benzene rings is 2. The molecule has 8 nitrogen and oxygen atoms in total. The minimum absolute atomic E-state index is 0.0812. The van der Waals surface area contributed by atoms with Gasteiger partial charge in [-0.3, -0.25) is 9.00 Å². The van der Waals surface area contributed by atoms with E-state index >= 15 is 0 Å². The van der Waals surface area contributed by atoms with Crippen molar-refractivity contribution in [3.63, 3.8) is 0 Å². The summed E-state index contributed by atoms with van der Waals surface area (Å²) in [5.41, 5.74) is -0.0159. The molecule has 1 heterocycles. The molecule has 1 aromatic heterocycles. The minimum Gasteiger partial charge on any atom is -0.771 e. The number of rotatable bonds is 10. The maximum absolute atomic E-state index is 13.2. The van der Waals surface area contributed by atoms with E-state index in [0.29, 0.717) is 16.9 Å². The lowest BCUT2D eigenvalue weighted by molar-refractivity contribution is 0.106. The topological polar surface area (TPSA) is 103 Å². The Labute approximate surface area is 182 Å². The second kappa shape index (κ2) is 10.9. The highest BCUT2D eigenvalue weighted by Gasteiger charge is 2.22. The van der Waals surface area contributed by atoms with Gasteiger partial charge in [0.2, 0.25) is 5.88 Å². The maximum Gasteiger partial charge on any atom is 0.339 e. The third-order valence-electron chi connectivity index (χ3n) is 4.53. The van der Waals surface area contributed by atoms with E-state index in [2.05, 4.69) is 0 Å². The van der Waals surface area contributed by atoms with Gasteiger partial charge in [-0.1, -0.05) is 48.5 Å². The van der Waals surface area contributed by atoms with Gasteiger partial charge in [-0.2, -0.15) is 0 Å². The van der Waals surface area contributed by atoms with E-state index in [1.807, 2.05) is 37.3 Å². The highest BCUT2D eigenvalue weighted by Crippen LogP contribution is 2.21. The molecule has 31 heavy (non-hydrogen) atoms. The summed E-state index contributed by atoms with van der Waals surface area (Å²) in [5, 5.41) is 0. The minimum atomic E-state index is -2.63. The van der Waals surface area contributed by atoms with Crippen molar-refractivity contribution in [2.75, 3.05) is 19.8 Å². The number of ether oxygens (including phenoxy) is 2. The number of aromatic nitrogens is 2. The van der Waals surface area contributed by atoms with Crippen LogP contribution in [0.1, 0.15) is 18.1 Å². The maximum atomic E-state index is 13.2. The average Bonchev–Trinajstić information content (AvgIpc) is 2.78. The molecule has 1 atom stereocenters. The molecule has 3 aromatic rings. The zero-order valence-corrected chi connectivity index (χ0v) is 17.9. The van der Waals surface area contributed by atoms with Gasteiger partial charge in [0, 0.05) is 13.0 Å². The van der Waals surface area contributed by atoms with Gasteiger partial charge in [0.15, 0.2) is 0 Å². The quantitative estimate of drug-likeness (QED) is 0.350. The van der Waals surface area contributed by atoms with Crippen molar-refractivity contribution in [1.29, 1.82) is 0 Å². The number of hydrogen-bond donors (Lipinski definition) is 0. The number of para-hydroxylation sites is 1. The van der Waals surface area contributed by atoms with Gasteiger partial charge in [-0.15, -0.1) is 0 Å². The lowest BCUT2D eigenvalue weighted by atomic mass is 10.1. The molecule has 0 aliphatic rings. The van der Waals surface area contributed by atoms with Gasteiger partial charge in [-0.25, -0.2) is 13.9 Å². The van der Waals surface area contributed by atoms with Crippen LogP contribution in [0, 0.1) is 0 Å². The normalized spacial score (nSPS) is 11.9. The Morgan fingerprint density at radius 1 is 0.968 bits per heavy atom. The lowest BCUT2D eigenvalue weighted by Gasteiger charge is -2.20. The Kier molecular flexibility index (Phi) is 7.94. The van der Waals surface area contributed by atoms with Crippen LogP contribution in [-0.4, -0.2) is 37.7 Å². The Morgan fingerprint density at radius 2 is 1.61 bits per heavy atom. The third-order valence-corrected chi connectivity index (χ3v) is 5.00. The predicted octanol–water partition coefficient (Wildman–Crippen LogP) is 1.84. The summed E-state index contributed by atoms with van der Waals surface area (Å²) in [6, 6.07) is 17.9. The van der Waals surface area contributed by atoms with E-state index in [0.717, 1.165) is 5.56 Å². The van der Waals surface area contributed by atoms with E-state index in [9.17, 15) is 18.4 Å². The molecule has 0 bridgehead atoms. The summed E-state index contributed by atoms with van der Waals surface area (Å²) in [6.07, 6.45) is 0.169. The smallest absolute Gasteiger partial charge is 0.339 e. The Morgan fingerprint density at radius 3 is 2.23 bits per heavy atom. The van der Waals surface area contributed by atoms with Crippen LogP contribution in [0.4, 0.5) is 0 Å². The highest BCUT2D eigenvalue weighted by molar-refractivity contribution is 7.78. The van der Waals surface area contributed by atoms with Gasteiger partial charge in [-0.05, 0) is 35.7 Å². The van der Waals surface area contributed by atoms with Crippen LogP contribution in [0.3, 0.4) is 0 Å². The molecule has 0 aliphatic carbocycles. The second-order valence-corrected chi connectivity index (χ2v) is 7.48. The van der Waals surface area contributed by atoms with Gasteiger partial charge in [0.05, 0.1) is 23.7 Å². The standard InChI is InChI=1S/C22H24N2O6S/c1-2-29-13-14-30-21-19(15-17-9-5-3-6-10-17)20(25)23(16-31(27)28)22(26)24(21)18-11-7-4-8-12-18/h3-12H,2,13-16H2,1H3,(H,27,28)/p-1. The molecular formula is C22H23N2O6S-. The fourth-order valence-electron chi connectivity index (χ4n) is 3.15. The van der Waals surface area contributed by atoms with Crippen LogP contribution in [0.15, 0.2) is 70.3 Å². The second-order valence-electron chi connectivity index (χ2n) is 6.61. The van der Waals surface area contributed by atoms with Crippen molar-refractivity contribution in [2.24, 2.45) is 0 Å². The molecule has 0 spiro atoms. The molecule has 1 unspecified atom stereocenters. The molecule has 0 radical (unpaired) electrons. The summed E-state index contributed by atoms with van der Waals surface area (Å²) >= 11 is -2.63. The first-order valence-electron chi connectivity index (χ1n) is 9.77. The van der Waals surface area contributed by atoms with Crippen LogP contribution in [0.5, 0.6) is 5.88 Å². The largest absolute Gasteiger partial charge is 0.771 e. The van der Waals surface area contributed by atoms with Crippen molar-refractivity contribution in [3.05, 3.63) is 92.6 Å². The summed E-state index contributed by atoms with van der Waals surface area (Å²) in [4.78, 5) is 26.4. The molecule has 2 aromatic carbocycles. The summed E-state index contributed by atoms with van der Waals surface area (Å²) < 4.78 is 35.9. The molecule has 0 saturated heterocycles. The highest BCUT2D eigenvalue weighted by atomic mass is 32.2. The van der Waals surface area contributed by atoms with Gasteiger partial charge < -0.3 is 14.0 Å². The van der Waals surface area contributed by atoms with Crippen LogP contribution in [0.25, 0.3) is 5.69 Å². The van der Waals surface area contributed by atoms with Crippen molar-refractivity contribution in [1.82, 2.24) is 9.13 Å². The summed E-state index contributed by atoms with van der Waals surface area (Å²) in [6.45, 7) is 2.75. The van der Waals surface area contributed by atoms with E-state index in [1.54, 1.807) is 30.3 Å². The summed E-state index contributed by atoms with van der Waals surface area (Å²) in [5.74, 6) is -0.663. The molecule has 0 aliphatic heterocycles. The Balaban J connectivity index is 2.25. The Bertz CT molecular complexity index is 1140. The molecule has 3 rings (SSSR count). The molecule has 0 saturated carbocycles. The molecular weight excluding hydrogens is 420 g/mol. The predicted molar refractivity (Wildman–Crippen MR) is 116 cm³/mol. The molecule has 9 heteroatoms. The van der Waals surface area contributed by atoms with E-state index in [-0.39, 0.29) is 31.1 Å². The fraction of sp³-hybridized carbons (Fsp3) is 0.273. The first kappa shape index (κ1) is 22.7. The zero-order valence-electron chi connectivity index (χ0n) is 17.1. The number of nitrogens with zero attached hydrogens (tertiary/aromatic N) is 2. The zero-order chi connectivity index (χ0) is 22.2. The first-order chi connectivity index (χ1) is 15.0. The Hall–Kier alpha value is -3.01. The molecule has 0 N–H and O–H groups in total. The fourth-order valence-corrected chi connectivity index (χ4v) is 3.59. The van der Waals surface area contributed by atoms with Gasteiger partial charge in [0.1, 0.15) is 6.61 Å². The van der Waals surface area contributed by atoms with Crippen LogP contribution >= 0.6 is 0 Å². The first-order valence-corrected chi connectivity index (χ1v) is 11.0. The lowest BCUT2D eigenvalue weighted by Crippen LogP contribution is -2.43. The van der Waals surface area contributed by atoms with Crippen molar-refractivity contribution < 1.29 is 18.2 Å². The van der Waals surface area contributed by atoms with Crippen molar-refractivity contribution in [3.8, 4) is 11.6 Å². The van der Waals surface area contributed by atoms with Crippen molar-refractivity contribution >= 4 is 11.1 Å². The molecule has 0 fully saturated rings. The third kappa shape index (κ3) is 5.57. The summed E-state index contributed by atoms with van der Waals surface area (Å²) in [7, 11) is 0. The van der Waals surface area contributed by atoms with E-state index in [4.69, 9.17) is 9.47 Å². The van der Waals surface area contributed by atoms with Gasteiger partial charge in [0.25, 0.3) is 5.56 Å². The molecule has 164 valence electrons. The van der Waals surface area contributed by atoms with E-state index < -0.39 is 28.2 Å². The van der Waals surface area contributed by atoms with Gasteiger partial charge >= 0.3 is 5.69 Å². The number of hydrogen-bond acceptors (Lipinski definition) is 6. The van der Waals surface area contributed by atoms with E-state index in [1.165, 1.54) is 4.57 Å². The monoisotopic (exact) mass is 443 g/mol. The average molecular weight is 444 g/mol. The van der Waals surface area contributed by atoms with Crippen LogP contribution in [0.2, 0.25) is 0 Å². The van der Waals surface area contributed by atoms with Crippen molar-refractivity contribution in [2.45, 2.75) is 19.2 Å². The van der Waals surface area contributed by atoms with Crippen LogP contribution in [-0.2, 0) is 28.1 Å².